The van der Waals surface area contributed by atoms with Gasteiger partial charge in [-0.1, -0.05) is 6.92 Å². The SMILES string of the molecule is CC1CC1CN(C)C(=O)N1CCC(CCC(=O)O)CC1. The fraction of sp³-hybridized carbons (Fsp3) is 0.867. The van der Waals surface area contributed by atoms with Crippen molar-refractivity contribution in [1.82, 2.24) is 9.80 Å². The van der Waals surface area contributed by atoms with Gasteiger partial charge in [-0.25, -0.2) is 4.79 Å². The standard InChI is InChI=1S/C15H26N2O3/c1-11-9-13(11)10-16(2)15(20)17-7-5-12(6-8-17)3-4-14(18)19/h11-13H,3-10H2,1-2H3,(H,18,19). The second kappa shape index (κ2) is 6.46. The molecule has 1 aliphatic carbocycles. The molecule has 1 saturated heterocycles. The number of amides is 2. The molecule has 2 rings (SSSR count). The summed E-state index contributed by atoms with van der Waals surface area (Å²) < 4.78 is 0. The normalized spacial score (nSPS) is 26.4. The van der Waals surface area contributed by atoms with Crippen molar-refractivity contribution in [3.63, 3.8) is 0 Å². The molecule has 2 atom stereocenters. The molecule has 2 amide bonds. The summed E-state index contributed by atoms with van der Waals surface area (Å²) in [5, 5.41) is 8.70. The summed E-state index contributed by atoms with van der Waals surface area (Å²) in [6, 6.07) is 0.140. The third-order valence-electron chi connectivity index (χ3n) is 4.76. The van der Waals surface area contributed by atoms with Gasteiger partial charge in [-0.05, 0) is 43.4 Å². The van der Waals surface area contributed by atoms with Gasteiger partial charge in [0.15, 0.2) is 0 Å². The molecule has 0 spiro atoms. The van der Waals surface area contributed by atoms with Crippen LogP contribution in [0.2, 0.25) is 0 Å². The molecule has 1 N–H and O–H groups in total. The van der Waals surface area contributed by atoms with Crippen LogP contribution in [0, 0.1) is 17.8 Å². The summed E-state index contributed by atoms with van der Waals surface area (Å²) in [7, 11) is 1.89. The Kier molecular flexibility index (Phi) is 4.89. The minimum atomic E-state index is -0.721. The maximum atomic E-state index is 12.3. The molecular formula is C15H26N2O3. The monoisotopic (exact) mass is 282 g/mol. The van der Waals surface area contributed by atoms with E-state index in [1.165, 1.54) is 6.42 Å². The van der Waals surface area contributed by atoms with E-state index in [2.05, 4.69) is 6.92 Å². The van der Waals surface area contributed by atoms with Crippen LogP contribution < -0.4 is 0 Å². The zero-order chi connectivity index (χ0) is 14.7. The van der Waals surface area contributed by atoms with Gasteiger partial charge in [-0.15, -0.1) is 0 Å². The van der Waals surface area contributed by atoms with Crippen molar-refractivity contribution < 1.29 is 14.7 Å². The van der Waals surface area contributed by atoms with Crippen LogP contribution in [0.15, 0.2) is 0 Å². The smallest absolute Gasteiger partial charge is 0.319 e. The molecule has 0 radical (unpaired) electrons. The molecule has 0 bridgehead atoms. The predicted molar refractivity (Wildman–Crippen MR) is 76.5 cm³/mol. The number of likely N-dealkylation sites (tertiary alicyclic amines) is 1. The first-order valence-electron chi connectivity index (χ1n) is 7.69. The van der Waals surface area contributed by atoms with Crippen molar-refractivity contribution in [2.75, 3.05) is 26.7 Å². The number of carbonyl (C=O) groups excluding carboxylic acids is 1. The second-order valence-corrected chi connectivity index (χ2v) is 6.50. The van der Waals surface area contributed by atoms with Crippen molar-refractivity contribution in [2.24, 2.45) is 17.8 Å². The zero-order valence-corrected chi connectivity index (χ0v) is 12.5. The van der Waals surface area contributed by atoms with E-state index in [0.29, 0.717) is 11.8 Å². The molecular weight excluding hydrogens is 256 g/mol. The van der Waals surface area contributed by atoms with Crippen molar-refractivity contribution in [3.05, 3.63) is 0 Å². The number of urea groups is 1. The summed E-state index contributed by atoms with van der Waals surface area (Å²) in [4.78, 5) is 26.6. The van der Waals surface area contributed by atoms with E-state index in [-0.39, 0.29) is 12.5 Å². The number of carboxylic acid groups (broad SMARTS) is 1. The lowest BCUT2D eigenvalue weighted by molar-refractivity contribution is -0.137. The quantitative estimate of drug-likeness (QED) is 0.841. The number of piperidine rings is 1. The van der Waals surface area contributed by atoms with Gasteiger partial charge in [-0.3, -0.25) is 4.79 Å². The summed E-state index contributed by atoms with van der Waals surface area (Å²) in [5.74, 6) is 1.20. The summed E-state index contributed by atoms with van der Waals surface area (Å²) in [6.07, 6.45) is 4.11. The molecule has 0 aromatic carbocycles. The Morgan fingerprint density at radius 1 is 1.30 bits per heavy atom. The number of aliphatic carboxylic acids is 1. The first-order chi connectivity index (χ1) is 9.47. The van der Waals surface area contributed by atoms with E-state index in [1.807, 2.05) is 16.8 Å². The third-order valence-corrected chi connectivity index (χ3v) is 4.76. The molecule has 5 heteroatoms. The Bertz CT molecular complexity index is 364. The van der Waals surface area contributed by atoms with Crippen molar-refractivity contribution in [1.29, 1.82) is 0 Å². The van der Waals surface area contributed by atoms with Crippen molar-refractivity contribution >= 4 is 12.0 Å². The highest BCUT2D eigenvalue weighted by Gasteiger charge is 2.35. The minimum absolute atomic E-state index is 0.140. The lowest BCUT2D eigenvalue weighted by Crippen LogP contribution is -2.45. The van der Waals surface area contributed by atoms with Gasteiger partial charge in [0.2, 0.25) is 0 Å². The number of carboxylic acids is 1. The molecule has 2 fully saturated rings. The molecule has 20 heavy (non-hydrogen) atoms. The minimum Gasteiger partial charge on any atom is -0.481 e. The average Bonchev–Trinajstić information content (AvgIpc) is 3.11. The van der Waals surface area contributed by atoms with Crippen LogP contribution in [-0.4, -0.2) is 53.6 Å². The second-order valence-electron chi connectivity index (χ2n) is 6.50. The Morgan fingerprint density at radius 3 is 2.40 bits per heavy atom. The Labute approximate surface area is 120 Å². The summed E-state index contributed by atoms with van der Waals surface area (Å²) in [5.41, 5.74) is 0. The van der Waals surface area contributed by atoms with Crippen molar-refractivity contribution in [3.8, 4) is 0 Å². The maximum absolute atomic E-state index is 12.3. The van der Waals surface area contributed by atoms with E-state index in [9.17, 15) is 9.59 Å². The van der Waals surface area contributed by atoms with Crippen LogP contribution in [0.3, 0.4) is 0 Å². The molecule has 2 aliphatic rings. The molecule has 1 saturated carbocycles. The van der Waals surface area contributed by atoms with Crippen LogP contribution in [0.4, 0.5) is 4.79 Å². The van der Waals surface area contributed by atoms with Gasteiger partial charge in [0.25, 0.3) is 0 Å². The van der Waals surface area contributed by atoms with Gasteiger partial charge in [-0.2, -0.15) is 0 Å². The zero-order valence-electron chi connectivity index (χ0n) is 12.5. The third kappa shape index (κ3) is 4.12. The van der Waals surface area contributed by atoms with Gasteiger partial charge in [0.05, 0.1) is 0 Å². The van der Waals surface area contributed by atoms with Gasteiger partial charge < -0.3 is 14.9 Å². The molecule has 2 unspecified atom stereocenters. The van der Waals surface area contributed by atoms with E-state index in [4.69, 9.17) is 5.11 Å². The van der Waals surface area contributed by atoms with E-state index < -0.39 is 5.97 Å². The fourth-order valence-corrected chi connectivity index (χ4v) is 3.07. The number of rotatable bonds is 5. The van der Waals surface area contributed by atoms with Crippen LogP contribution in [0.5, 0.6) is 0 Å². The molecule has 1 heterocycles. The van der Waals surface area contributed by atoms with Crippen LogP contribution in [0.25, 0.3) is 0 Å². The molecule has 1 aliphatic heterocycles. The Balaban J connectivity index is 1.69. The molecule has 0 aromatic rings. The van der Waals surface area contributed by atoms with Crippen molar-refractivity contribution in [2.45, 2.75) is 39.0 Å². The highest BCUT2D eigenvalue weighted by atomic mass is 16.4. The van der Waals surface area contributed by atoms with Crippen LogP contribution >= 0.6 is 0 Å². The largest absolute Gasteiger partial charge is 0.481 e. The lowest BCUT2D eigenvalue weighted by Gasteiger charge is -2.34. The summed E-state index contributed by atoms with van der Waals surface area (Å²) >= 11 is 0. The van der Waals surface area contributed by atoms with Gasteiger partial charge in [0.1, 0.15) is 0 Å². The van der Waals surface area contributed by atoms with E-state index in [0.717, 1.165) is 44.8 Å². The van der Waals surface area contributed by atoms with Crippen LogP contribution in [0.1, 0.15) is 39.0 Å². The highest BCUT2D eigenvalue weighted by molar-refractivity contribution is 5.74. The molecule has 0 aromatic heterocycles. The van der Waals surface area contributed by atoms with Gasteiger partial charge >= 0.3 is 12.0 Å². The number of hydrogen-bond acceptors (Lipinski definition) is 2. The number of hydrogen-bond donors (Lipinski definition) is 1. The predicted octanol–water partition coefficient (Wildman–Crippen LogP) is 2.27. The number of nitrogens with zero attached hydrogens (tertiary/aromatic N) is 2. The number of carbonyl (C=O) groups is 2. The average molecular weight is 282 g/mol. The topological polar surface area (TPSA) is 60.9 Å². The van der Waals surface area contributed by atoms with E-state index in [1.54, 1.807) is 0 Å². The lowest BCUT2D eigenvalue weighted by atomic mass is 9.92. The first-order valence-corrected chi connectivity index (χ1v) is 7.69. The van der Waals surface area contributed by atoms with Crippen LogP contribution in [-0.2, 0) is 4.79 Å². The fourth-order valence-electron chi connectivity index (χ4n) is 3.07. The Morgan fingerprint density at radius 2 is 1.90 bits per heavy atom. The molecule has 114 valence electrons. The summed E-state index contributed by atoms with van der Waals surface area (Å²) in [6.45, 7) is 4.65. The maximum Gasteiger partial charge on any atom is 0.319 e. The Hall–Kier alpha value is -1.26. The first kappa shape index (κ1) is 15.1. The van der Waals surface area contributed by atoms with Gasteiger partial charge in [0, 0.05) is 33.1 Å². The molecule has 5 nitrogen and oxygen atoms in total. The highest BCUT2D eigenvalue weighted by Crippen LogP contribution is 2.38. The van der Waals surface area contributed by atoms with E-state index >= 15 is 0 Å².